The van der Waals surface area contributed by atoms with E-state index in [1.807, 2.05) is 36.5 Å². The van der Waals surface area contributed by atoms with Gasteiger partial charge in [-0.3, -0.25) is 9.98 Å². The van der Waals surface area contributed by atoms with Gasteiger partial charge in [-0.2, -0.15) is 0 Å². The molecule has 88 valence electrons. The molecular weight excluding hydrogens is 220 g/mol. The predicted octanol–water partition coefficient (Wildman–Crippen LogP) is 3.57. The first kappa shape index (κ1) is 10.9. The highest BCUT2D eigenvalue weighted by Crippen LogP contribution is 2.20. The molecule has 0 aliphatic carbocycles. The fourth-order valence-corrected chi connectivity index (χ4v) is 1.86. The molecule has 1 aliphatic heterocycles. The van der Waals surface area contributed by atoms with E-state index in [1.54, 1.807) is 0 Å². The second kappa shape index (κ2) is 4.57. The van der Waals surface area contributed by atoms with E-state index in [2.05, 4.69) is 41.2 Å². The molecule has 0 saturated carbocycles. The van der Waals surface area contributed by atoms with Gasteiger partial charge in [-0.25, -0.2) is 0 Å². The lowest BCUT2D eigenvalue weighted by molar-refractivity contribution is 1.36. The molecule has 1 atom stereocenters. The highest BCUT2D eigenvalue weighted by molar-refractivity contribution is 6.22. The average molecular weight is 234 g/mol. The number of benzene rings is 2. The van der Waals surface area contributed by atoms with Crippen LogP contribution in [0.3, 0.4) is 0 Å². The summed E-state index contributed by atoms with van der Waals surface area (Å²) in [5.41, 5.74) is 4.56. The van der Waals surface area contributed by atoms with Crippen LogP contribution in [0.15, 0.2) is 64.6 Å². The minimum atomic E-state index is 0.161. The largest absolute Gasteiger partial charge is 0.271 e. The molecule has 0 bridgehead atoms. The molecule has 3 rings (SSSR count). The monoisotopic (exact) mass is 234 g/mol. The van der Waals surface area contributed by atoms with Gasteiger partial charge in [0.15, 0.2) is 0 Å². The zero-order chi connectivity index (χ0) is 12.4. The van der Waals surface area contributed by atoms with Gasteiger partial charge in [0.1, 0.15) is 6.04 Å². The first-order valence-corrected chi connectivity index (χ1v) is 6.07. The van der Waals surface area contributed by atoms with E-state index in [4.69, 9.17) is 0 Å². The van der Waals surface area contributed by atoms with Crippen LogP contribution in [-0.2, 0) is 0 Å². The van der Waals surface area contributed by atoms with Crippen molar-refractivity contribution in [1.29, 1.82) is 0 Å². The van der Waals surface area contributed by atoms with Crippen molar-refractivity contribution in [3.05, 3.63) is 65.7 Å². The fourth-order valence-electron chi connectivity index (χ4n) is 1.86. The lowest BCUT2D eigenvalue weighted by Crippen LogP contribution is -1.99. The second-order valence-electron chi connectivity index (χ2n) is 4.44. The molecule has 0 N–H and O–H groups in total. The highest BCUT2D eigenvalue weighted by atomic mass is 15.0. The lowest BCUT2D eigenvalue weighted by Gasteiger charge is -1.94. The summed E-state index contributed by atoms with van der Waals surface area (Å²) in [7, 11) is 0. The van der Waals surface area contributed by atoms with E-state index in [0.29, 0.717) is 0 Å². The van der Waals surface area contributed by atoms with Crippen molar-refractivity contribution in [2.75, 3.05) is 0 Å². The Morgan fingerprint density at radius 1 is 1.00 bits per heavy atom. The molecule has 2 aromatic rings. The van der Waals surface area contributed by atoms with Crippen LogP contribution in [0.25, 0.3) is 0 Å². The van der Waals surface area contributed by atoms with E-state index in [-0.39, 0.29) is 6.04 Å². The number of aryl methyl sites for hydroxylation is 1. The van der Waals surface area contributed by atoms with Gasteiger partial charge in [0.05, 0.1) is 11.4 Å². The molecule has 0 amide bonds. The number of aliphatic imine (C=N–C) groups is 2. The van der Waals surface area contributed by atoms with Gasteiger partial charge in [-0.05, 0) is 24.6 Å². The van der Waals surface area contributed by atoms with Crippen molar-refractivity contribution in [2.45, 2.75) is 13.0 Å². The van der Waals surface area contributed by atoms with Crippen LogP contribution in [0.1, 0.15) is 11.1 Å². The Labute approximate surface area is 107 Å². The van der Waals surface area contributed by atoms with Gasteiger partial charge in [-0.1, -0.05) is 48.0 Å². The lowest BCUT2D eigenvalue weighted by atomic mass is 10.1. The summed E-state index contributed by atoms with van der Waals surface area (Å²) < 4.78 is 0. The van der Waals surface area contributed by atoms with Crippen LogP contribution in [-0.4, -0.2) is 18.0 Å². The number of rotatable bonds is 3. The van der Waals surface area contributed by atoms with Crippen LogP contribution in [0, 0.1) is 6.92 Å². The number of nitrogens with zero attached hydrogens (tertiary/aromatic N) is 2. The summed E-state index contributed by atoms with van der Waals surface area (Å²) in [6.45, 7) is 2.07. The molecule has 0 fully saturated rings. The molecule has 0 radical (unpaired) electrons. The molecule has 2 heteroatoms. The Morgan fingerprint density at radius 3 is 2.44 bits per heavy atom. The Kier molecular flexibility index (Phi) is 2.77. The van der Waals surface area contributed by atoms with Crippen molar-refractivity contribution >= 4 is 17.6 Å². The van der Waals surface area contributed by atoms with Gasteiger partial charge >= 0.3 is 0 Å². The predicted molar refractivity (Wildman–Crippen MR) is 76.1 cm³/mol. The van der Waals surface area contributed by atoms with E-state index < -0.39 is 0 Å². The zero-order valence-corrected chi connectivity index (χ0v) is 10.2. The third-order valence-electron chi connectivity index (χ3n) is 2.96. The SMILES string of the molecule is Cc1ccc(N=CC2N=C2c2ccccc2)cc1. The summed E-state index contributed by atoms with van der Waals surface area (Å²) in [5.74, 6) is 0. The van der Waals surface area contributed by atoms with Gasteiger partial charge in [0.25, 0.3) is 0 Å². The summed E-state index contributed by atoms with van der Waals surface area (Å²) in [6, 6.07) is 18.6. The topological polar surface area (TPSA) is 24.7 Å². The Morgan fingerprint density at radius 2 is 1.72 bits per heavy atom. The maximum Gasteiger partial charge on any atom is 0.128 e. The highest BCUT2D eigenvalue weighted by Gasteiger charge is 2.26. The Hall–Kier alpha value is -2.22. The third kappa shape index (κ3) is 2.38. The summed E-state index contributed by atoms with van der Waals surface area (Å²) >= 11 is 0. The van der Waals surface area contributed by atoms with E-state index in [1.165, 1.54) is 11.1 Å². The minimum absolute atomic E-state index is 0.161. The van der Waals surface area contributed by atoms with E-state index in [9.17, 15) is 0 Å². The van der Waals surface area contributed by atoms with Gasteiger partial charge in [0, 0.05) is 6.21 Å². The molecule has 18 heavy (non-hydrogen) atoms. The number of hydrogen-bond acceptors (Lipinski definition) is 2. The molecule has 1 aliphatic rings. The fraction of sp³-hybridized carbons (Fsp3) is 0.125. The molecule has 0 aromatic heterocycles. The van der Waals surface area contributed by atoms with E-state index >= 15 is 0 Å². The normalized spacial score (nSPS) is 17.8. The summed E-state index contributed by atoms with van der Waals surface area (Å²) in [5, 5.41) is 0. The standard InChI is InChI=1S/C16H14N2/c1-12-7-9-14(10-8-12)17-11-15-16(18-15)13-5-3-2-4-6-13/h2-11,15H,1H3. The van der Waals surface area contributed by atoms with Crippen LogP contribution >= 0.6 is 0 Å². The Bertz CT molecular complexity index is 595. The maximum absolute atomic E-state index is 4.45. The van der Waals surface area contributed by atoms with Crippen molar-refractivity contribution in [3.8, 4) is 0 Å². The molecule has 2 nitrogen and oxygen atoms in total. The van der Waals surface area contributed by atoms with Crippen molar-refractivity contribution in [3.63, 3.8) is 0 Å². The zero-order valence-electron chi connectivity index (χ0n) is 10.2. The summed E-state index contributed by atoms with van der Waals surface area (Å²) in [4.78, 5) is 8.87. The van der Waals surface area contributed by atoms with Crippen molar-refractivity contribution in [1.82, 2.24) is 0 Å². The van der Waals surface area contributed by atoms with Crippen LogP contribution in [0.5, 0.6) is 0 Å². The molecular formula is C16H14N2. The molecule has 1 unspecified atom stereocenters. The smallest absolute Gasteiger partial charge is 0.128 e. The Balaban J connectivity index is 1.65. The quantitative estimate of drug-likeness (QED) is 0.725. The summed E-state index contributed by atoms with van der Waals surface area (Å²) in [6.07, 6.45) is 1.91. The van der Waals surface area contributed by atoms with E-state index in [0.717, 1.165) is 11.4 Å². The molecule has 0 spiro atoms. The van der Waals surface area contributed by atoms with Gasteiger partial charge in [0.2, 0.25) is 0 Å². The second-order valence-corrected chi connectivity index (χ2v) is 4.44. The molecule has 0 saturated heterocycles. The molecule has 2 aromatic carbocycles. The van der Waals surface area contributed by atoms with Crippen LogP contribution < -0.4 is 0 Å². The molecule has 1 heterocycles. The number of hydrogen-bond donors (Lipinski definition) is 0. The first-order valence-electron chi connectivity index (χ1n) is 6.07. The maximum atomic E-state index is 4.45. The van der Waals surface area contributed by atoms with Gasteiger partial charge in [-0.15, -0.1) is 0 Å². The van der Waals surface area contributed by atoms with Crippen molar-refractivity contribution in [2.24, 2.45) is 9.98 Å². The minimum Gasteiger partial charge on any atom is -0.271 e. The third-order valence-corrected chi connectivity index (χ3v) is 2.96. The van der Waals surface area contributed by atoms with Gasteiger partial charge < -0.3 is 0 Å². The van der Waals surface area contributed by atoms with Crippen LogP contribution in [0.2, 0.25) is 0 Å². The first-order chi connectivity index (χ1) is 8.83. The van der Waals surface area contributed by atoms with Crippen molar-refractivity contribution < 1.29 is 0 Å². The average Bonchev–Trinajstić information content (AvgIpc) is 3.19. The van der Waals surface area contributed by atoms with Crippen LogP contribution in [0.4, 0.5) is 5.69 Å².